The first-order chi connectivity index (χ1) is 22.9. The summed E-state index contributed by atoms with van der Waals surface area (Å²) in [6.07, 6.45) is 3.98. The maximum atomic E-state index is 14.7. The summed E-state index contributed by atoms with van der Waals surface area (Å²) in [4.78, 5) is 30.3. The Morgan fingerprint density at radius 3 is 2.15 bits per heavy atom. The number of rotatable bonds is 12. The minimum absolute atomic E-state index is 0.00538. The van der Waals surface area contributed by atoms with Crippen molar-refractivity contribution >= 4 is 62.3 Å². The van der Waals surface area contributed by atoms with Gasteiger partial charge in [0.05, 0.1) is 20.6 Å². The molecule has 4 aromatic carbocycles. The number of sulfonamides is 1. The summed E-state index contributed by atoms with van der Waals surface area (Å²) in [6.45, 7) is 3.07. The van der Waals surface area contributed by atoms with Crippen LogP contribution in [0.15, 0.2) is 95.9 Å². The third-order valence-electron chi connectivity index (χ3n) is 8.64. The van der Waals surface area contributed by atoms with E-state index in [1.54, 1.807) is 42.5 Å². The smallest absolute Gasteiger partial charge is 0.264 e. The Bertz CT molecular complexity index is 1860. The van der Waals surface area contributed by atoms with Crippen molar-refractivity contribution in [2.75, 3.05) is 10.8 Å². The van der Waals surface area contributed by atoms with Crippen molar-refractivity contribution in [3.63, 3.8) is 0 Å². The Kier molecular flexibility index (Phi) is 11.7. The number of benzene rings is 4. The highest BCUT2D eigenvalue weighted by molar-refractivity contribution is 7.92. The molecule has 0 bridgehead atoms. The number of carbonyl (C=O) groups excluding carboxylic acids is 2. The van der Waals surface area contributed by atoms with Crippen LogP contribution >= 0.6 is 34.8 Å². The minimum atomic E-state index is -4.25. The Hall–Kier alpha value is -3.56. The van der Waals surface area contributed by atoms with Crippen molar-refractivity contribution in [3.05, 3.63) is 128 Å². The molecule has 1 aliphatic carbocycles. The third-order valence-corrected chi connectivity index (χ3v) is 11.6. The molecular formula is C37H38Cl3N3O4S. The van der Waals surface area contributed by atoms with Crippen molar-refractivity contribution in [1.82, 2.24) is 10.2 Å². The van der Waals surface area contributed by atoms with E-state index < -0.39 is 28.5 Å². The first-order valence-corrected chi connectivity index (χ1v) is 18.4. The molecule has 0 unspecified atom stereocenters. The zero-order valence-electron chi connectivity index (χ0n) is 26.8. The average molecular weight is 727 g/mol. The molecule has 7 nitrogen and oxygen atoms in total. The Morgan fingerprint density at radius 2 is 1.50 bits per heavy atom. The van der Waals surface area contributed by atoms with Crippen LogP contribution in [-0.2, 0) is 32.6 Å². The lowest BCUT2D eigenvalue weighted by atomic mass is 10.0. The van der Waals surface area contributed by atoms with Gasteiger partial charge in [-0.3, -0.25) is 13.9 Å². The molecule has 1 saturated carbocycles. The number of anilines is 1. The molecule has 1 aliphatic rings. The summed E-state index contributed by atoms with van der Waals surface area (Å²) in [7, 11) is -4.25. The fourth-order valence-electron chi connectivity index (χ4n) is 5.86. The van der Waals surface area contributed by atoms with Gasteiger partial charge in [-0.15, -0.1) is 0 Å². The first kappa shape index (κ1) is 35.7. The van der Waals surface area contributed by atoms with E-state index in [1.165, 1.54) is 23.1 Å². The number of hydrogen-bond donors (Lipinski definition) is 1. The van der Waals surface area contributed by atoms with Gasteiger partial charge in [0, 0.05) is 24.0 Å². The van der Waals surface area contributed by atoms with Gasteiger partial charge in [-0.1, -0.05) is 108 Å². The van der Waals surface area contributed by atoms with E-state index in [0.29, 0.717) is 20.6 Å². The summed E-state index contributed by atoms with van der Waals surface area (Å²) in [5.74, 6) is -0.874. The van der Waals surface area contributed by atoms with E-state index in [0.717, 1.165) is 46.7 Å². The van der Waals surface area contributed by atoms with Crippen LogP contribution in [0.4, 0.5) is 5.69 Å². The molecule has 1 N–H and O–H groups in total. The molecule has 0 aromatic heterocycles. The molecule has 0 spiro atoms. The predicted molar refractivity (Wildman–Crippen MR) is 193 cm³/mol. The molecule has 0 saturated heterocycles. The van der Waals surface area contributed by atoms with Gasteiger partial charge in [0.1, 0.15) is 12.6 Å². The second-order valence-corrected chi connectivity index (χ2v) is 15.3. The lowest BCUT2D eigenvalue weighted by Crippen LogP contribution is -2.54. The van der Waals surface area contributed by atoms with Crippen LogP contribution in [0.2, 0.25) is 15.1 Å². The summed E-state index contributed by atoms with van der Waals surface area (Å²) >= 11 is 19.1. The molecule has 48 heavy (non-hydrogen) atoms. The predicted octanol–water partition coefficient (Wildman–Crippen LogP) is 8.16. The van der Waals surface area contributed by atoms with Crippen molar-refractivity contribution in [2.45, 2.75) is 69.5 Å². The molecule has 0 aliphatic heterocycles. The molecule has 4 aromatic rings. The average Bonchev–Trinajstić information content (AvgIpc) is 3.58. The van der Waals surface area contributed by atoms with Crippen LogP contribution in [0.5, 0.6) is 0 Å². The zero-order chi connectivity index (χ0) is 34.4. The standard InChI is InChI=1S/C37H38Cl3N3O4S/c1-25-12-17-31(18-13-25)48(46,47)43(30-16-14-26(2)33(39)22-30)24-36(44)42(23-28-15-19-32(38)34(40)20-28)35(21-27-8-4-3-5-9-27)37(45)41-29-10-6-7-11-29/h3-5,8-9,12-20,22,29,35H,6-7,10-11,21,23-24H2,1-2H3,(H,41,45)/t35-/m1/s1. The van der Waals surface area contributed by atoms with Crippen molar-refractivity contribution in [1.29, 1.82) is 0 Å². The van der Waals surface area contributed by atoms with Crippen molar-refractivity contribution < 1.29 is 18.0 Å². The van der Waals surface area contributed by atoms with Gasteiger partial charge in [-0.05, 0) is 79.8 Å². The minimum Gasteiger partial charge on any atom is -0.352 e. The summed E-state index contributed by atoms with van der Waals surface area (Å²) < 4.78 is 29.6. The lowest BCUT2D eigenvalue weighted by Gasteiger charge is -2.34. The number of nitrogens with one attached hydrogen (secondary N) is 1. The number of hydrogen-bond acceptors (Lipinski definition) is 4. The van der Waals surface area contributed by atoms with Gasteiger partial charge >= 0.3 is 0 Å². The van der Waals surface area contributed by atoms with Gasteiger partial charge in [0.25, 0.3) is 10.0 Å². The summed E-state index contributed by atoms with van der Waals surface area (Å²) in [6, 6.07) is 24.8. The number of aryl methyl sites for hydroxylation is 2. The monoisotopic (exact) mass is 725 g/mol. The molecule has 11 heteroatoms. The zero-order valence-corrected chi connectivity index (χ0v) is 29.9. The van der Waals surface area contributed by atoms with Crippen molar-refractivity contribution in [2.24, 2.45) is 0 Å². The van der Waals surface area contributed by atoms with E-state index in [-0.39, 0.29) is 35.5 Å². The van der Waals surface area contributed by atoms with Gasteiger partial charge in [0.2, 0.25) is 11.8 Å². The fourth-order valence-corrected chi connectivity index (χ4v) is 7.76. The molecule has 252 valence electrons. The van der Waals surface area contributed by atoms with E-state index in [1.807, 2.05) is 44.2 Å². The van der Waals surface area contributed by atoms with E-state index >= 15 is 0 Å². The normalized spacial score (nSPS) is 14.0. The number of carbonyl (C=O) groups is 2. The van der Waals surface area contributed by atoms with Gasteiger partial charge < -0.3 is 10.2 Å². The van der Waals surface area contributed by atoms with Crippen LogP contribution in [0.3, 0.4) is 0 Å². The Labute approximate surface area is 297 Å². The van der Waals surface area contributed by atoms with E-state index in [4.69, 9.17) is 34.8 Å². The SMILES string of the molecule is Cc1ccc(S(=O)(=O)N(CC(=O)N(Cc2ccc(Cl)c(Cl)c2)[C@H](Cc2ccccc2)C(=O)NC2CCCC2)c2ccc(C)c(Cl)c2)cc1. The third kappa shape index (κ3) is 8.72. The second-order valence-electron chi connectivity index (χ2n) is 12.2. The van der Waals surface area contributed by atoms with Crippen LogP contribution in [0, 0.1) is 13.8 Å². The van der Waals surface area contributed by atoms with Crippen molar-refractivity contribution in [3.8, 4) is 0 Å². The number of nitrogens with zero attached hydrogens (tertiary/aromatic N) is 2. The molecule has 1 fully saturated rings. The van der Waals surface area contributed by atoms with Crippen LogP contribution in [-0.4, -0.2) is 43.8 Å². The topological polar surface area (TPSA) is 86.8 Å². The highest BCUT2D eigenvalue weighted by Crippen LogP contribution is 2.30. The fraction of sp³-hybridized carbons (Fsp3) is 0.297. The van der Waals surface area contributed by atoms with Gasteiger partial charge in [-0.2, -0.15) is 0 Å². The summed E-state index contributed by atoms with van der Waals surface area (Å²) in [5.41, 5.74) is 3.36. The highest BCUT2D eigenvalue weighted by atomic mass is 35.5. The van der Waals surface area contributed by atoms with Gasteiger partial charge in [0.15, 0.2) is 0 Å². The van der Waals surface area contributed by atoms with Gasteiger partial charge in [-0.25, -0.2) is 8.42 Å². The molecule has 0 heterocycles. The molecule has 1 atom stereocenters. The molecular weight excluding hydrogens is 689 g/mol. The molecule has 5 rings (SSSR count). The largest absolute Gasteiger partial charge is 0.352 e. The number of halogens is 3. The maximum absolute atomic E-state index is 14.7. The Morgan fingerprint density at radius 1 is 0.812 bits per heavy atom. The van der Waals surface area contributed by atoms with Crippen LogP contribution in [0.25, 0.3) is 0 Å². The lowest BCUT2D eigenvalue weighted by molar-refractivity contribution is -0.140. The first-order valence-electron chi connectivity index (χ1n) is 15.9. The van der Waals surface area contributed by atoms with E-state index in [2.05, 4.69) is 5.32 Å². The van der Waals surface area contributed by atoms with Crippen LogP contribution < -0.4 is 9.62 Å². The molecule has 2 amide bonds. The highest BCUT2D eigenvalue weighted by Gasteiger charge is 2.35. The summed E-state index contributed by atoms with van der Waals surface area (Å²) in [5, 5.41) is 4.18. The quantitative estimate of drug-likeness (QED) is 0.160. The second kappa shape index (κ2) is 15.8. The van der Waals surface area contributed by atoms with E-state index in [9.17, 15) is 18.0 Å². The Balaban J connectivity index is 1.59. The van der Waals surface area contributed by atoms with Crippen LogP contribution in [0.1, 0.15) is 47.9 Å². The number of amides is 2. The molecule has 0 radical (unpaired) electrons. The maximum Gasteiger partial charge on any atom is 0.264 e.